The molecule has 0 aromatic heterocycles. The van der Waals surface area contributed by atoms with Crippen molar-refractivity contribution in [1.82, 2.24) is 0 Å². The Kier molecular flexibility index (Phi) is 4.02. The lowest BCUT2D eigenvalue weighted by atomic mass is 9.72. The second kappa shape index (κ2) is 5.34. The largest absolute Gasteiger partial charge is 0.299 e. The molecule has 4 heteroatoms. The monoisotopic (exact) mass is 254 g/mol. The summed E-state index contributed by atoms with van der Waals surface area (Å²) in [5.74, 6) is 1.44. The zero-order valence-electron chi connectivity index (χ0n) is 10.1. The number of rotatable bonds is 2. The van der Waals surface area contributed by atoms with Crippen molar-refractivity contribution >= 4 is 29.1 Å². The van der Waals surface area contributed by atoms with Crippen LogP contribution in [0.15, 0.2) is 0 Å². The molecule has 2 rings (SSSR count). The van der Waals surface area contributed by atoms with Crippen molar-refractivity contribution < 1.29 is 14.4 Å². The van der Waals surface area contributed by atoms with E-state index in [2.05, 4.69) is 0 Å². The zero-order valence-corrected chi connectivity index (χ0v) is 10.9. The number of thioether (sulfide) groups is 1. The first-order valence-electron chi connectivity index (χ1n) is 6.23. The second-order valence-electron chi connectivity index (χ2n) is 5.12. The van der Waals surface area contributed by atoms with Gasteiger partial charge in [-0.1, -0.05) is 0 Å². The fraction of sp³-hybridized carbons (Fsp3) is 0.769. The molecular weight excluding hydrogens is 236 g/mol. The van der Waals surface area contributed by atoms with E-state index in [-0.39, 0.29) is 23.3 Å². The van der Waals surface area contributed by atoms with Gasteiger partial charge in [-0.05, 0) is 43.1 Å². The second-order valence-corrected chi connectivity index (χ2v) is 6.27. The van der Waals surface area contributed by atoms with Gasteiger partial charge >= 0.3 is 0 Å². The minimum absolute atomic E-state index is 0.144. The van der Waals surface area contributed by atoms with E-state index < -0.39 is 5.92 Å². The fourth-order valence-corrected chi connectivity index (χ4v) is 4.21. The molecule has 2 aliphatic rings. The fourth-order valence-electron chi connectivity index (χ4n) is 2.93. The Labute approximate surface area is 106 Å². The van der Waals surface area contributed by atoms with Crippen molar-refractivity contribution in [2.45, 2.75) is 32.6 Å². The lowest BCUT2D eigenvalue weighted by Gasteiger charge is -2.33. The van der Waals surface area contributed by atoms with Crippen LogP contribution < -0.4 is 0 Å². The number of hydrogen-bond acceptors (Lipinski definition) is 4. The van der Waals surface area contributed by atoms with E-state index in [1.54, 1.807) is 0 Å². The van der Waals surface area contributed by atoms with Gasteiger partial charge in [0.25, 0.3) is 0 Å². The summed E-state index contributed by atoms with van der Waals surface area (Å²) in [5.41, 5.74) is 0. The van der Waals surface area contributed by atoms with Crippen LogP contribution >= 0.6 is 11.8 Å². The molecule has 1 heterocycles. The van der Waals surface area contributed by atoms with Crippen LogP contribution in [0.2, 0.25) is 0 Å². The number of Topliss-reactive ketones (excluding diaryl/α,β-unsaturated/α-hetero) is 3. The third-order valence-electron chi connectivity index (χ3n) is 3.84. The Morgan fingerprint density at radius 3 is 2.29 bits per heavy atom. The molecular formula is C13H18O3S. The molecule has 0 amide bonds. The van der Waals surface area contributed by atoms with E-state index in [9.17, 15) is 14.4 Å². The first-order valence-corrected chi connectivity index (χ1v) is 7.38. The first-order chi connectivity index (χ1) is 8.09. The van der Waals surface area contributed by atoms with Gasteiger partial charge in [-0.3, -0.25) is 14.4 Å². The molecule has 0 aromatic rings. The molecule has 0 bridgehead atoms. The van der Waals surface area contributed by atoms with E-state index >= 15 is 0 Å². The van der Waals surface area contributed by atoms with Gasteiger partial charge in [0.2, 0.25) is 0 Å². The van der Waals surface area contributed by atoms with Crippen LogP contribution in [-0.2, 0) is 14.4 Å². The number of carbonyl (C=O) groups excluding carboxylic acids is 3. The maximum atomic E-state index is 11.9. The summed E-state index contributed by atoms with van der Waals surface area (Å²) in [6.07, 6.45) is 3.18. The molecule has 1 saturated carbocycles. The lowest BCUT2D eigenvalue weighted by molar-refractivity contribution is -0.143. The van der Waals surface area contributed by atoms with E-state index in [0.717, 1.165) is 12.2 Å². The smallest absolute Gasteiger partial charge is 0.151 e. The predicted octanol–water partition coefficient (Wildman–Crippen LogP) is 1.88. The third-order valence-corrected chi connectivity index (χ3v) is 5.08. The van der Waals surface area contributed by atoms with Crippen LogP contribution in [0.25, 0.3) is 0 Å². The summed E-state index contributed by atoms with van der Waals surface area (Å²) in [5, 5.41) is 0. The summed E-state index contributed by atoms with van der Waals surface area (Å²) < 4.78 is 0. The highest BCUT2D eigenvalue weighted by Crippen LogP contribution is 2.36. The van der Waals surface area contributed by atoms with Crippen molar-refractivity contribution in [3.05, 3.63) is 0 Å². The molecule has 3 nitrogen and oxygen atoms in total. The molecule has 0 N–H and O–H groups in total. The number of ketones is 3. The maximum Gasteiger partial charge on any atom is 0.151 e. The van der Waals surface area contributed by atoms with E-state index in [4.69, 9.17) is 0 Å². The Balaban J connectivity index is 2.03. The lowest BCUT2D eigenvalue weighted by Crippen LogP contribution is -2.40. The highest BCUT2D eigenvalue weighted by Gasteiger charge is 2.40. The topological polar surface area (TPSA) is 51.2 Å². The minimum Gasteiger partial charge on any atom is -0.299 e. The van der Waals surface area contributed by atoms with Crippen molar-refractivity contribution in [2.75, 3.05) is 11.5 Å². The predicted molar refractivity (Wildman–Crippen MR) is 67.0 cm³/mol. The molecule has 0 spiro atoms. The SMILES string of the molecule is CC(=O)C1C(=O)CC(C2CCCSC2)CC1=O. The van der Waals surface area contributed by atoms with Crippen LogP contribution in [0.5, 0.6) is 0 Å². The van der Waals surface area contributed by atoms with Gasteiger partial charge in [0, 0.05) is 12.8 Å². The maximum absolute atomic E-state index is 11.9. The highest BCUT2D eigenvalue weighted by atomic mass is 32.2. The molecule has 2 fully saturated rings. The van der Waals surface area contributed by atoms with E-state index in [1.165, 1.54) is 19.1 Å². The van der Waals surface area contributed by atoms with Gasteiger partial charge in [0.1, 0.15) is 11.7 Å². The molecule has 1 atom stereocenters. The standard InChI is InChI=1S/C13H18O3S/c1-8(14)13-11(15)5-10(6-12(13)16)9-3-2-4-17-7-9/h9-10,13H,2-7H2,1H3. The molecule has 94 valence electrons. The summed E-state index contributed by atoms with van der Waals surface area (Å²) in [7, 11) is 0. The van der Waals surface area contributed by atoms with E-state index in [0.29, 0.717) is 18.8 Å². The average Bonchev–Trinajstić information content (AvgIpc) is 2.28. The summed E-state index contributed by atoms with van der Waals surface area (Å²) in [6.45, 7) is 1.34. The van der Waals surface area contributed by atoms with Crippen LogP contribution in [0, 0.1) is 17.8 Å². The van der Waals surface area contributed by atoms with Gasteiger partial charge in [-0.25, -0.2) is 0 Å². The van der Waals surface area contributed by atoms with Crippen molar-refractivity contribution in [3.8, 4) is 0 Å². The molecule has 1 aliphatic carbocycles. The highest BCUT2D eigenvalue weighted by molar-refractivity contribution is 7.99. The molecule has 17 heavy (non-hydrogen) atoms. The normalized spacial score (nSPS) is 34.8. The molecule has 1 unspecified atom stereocenters. The minimum atomic E-state index is -0.942. The van der Waals surface area contributed by atoms with E-state index in [1.807, 2.05) is 11.8 Å². The van der Waals surface area contributed by atoms with Crippen LogP contribution in [0.1, 0.15) is 32.6 Å². The number of carbonyl (C=O) groups is 3. The summed E-state index contributed by atoms with van der Waals surface area (Å²) in [6, 6.07) is 0. The Morgan fingerprint density at radius 1 is 1.18 bits per heavy atom. The Morgan fingerprint density at radius 2 is 1.82 bits per heavy atom. The van der Waals surface area contributed by atoms with Crippen LogP contribution in [0.4, 0.5) is 0 Å². The Hall–Kier alpha value is -0.640. The van der Waals surface area contributed by atoms with Crippen molar-refractivity contribution in [3.63, 3.8) is 0 Å². The zero-order chi connectivity index (χ0) is 12.4. The van der Waals surface area contributed by atoms with Crippen molar-refractivity contribution in [2.24, 2.45) is 17.8 Å². The summed E-state index contributed by atoms with van der Waals surface area (Å²) >= 11 is 1.92. The molecule has 1 aliphatic heterocycles. The molecule has 0 aromatic carbocycles. The first kappa shape index (κ1) is 12.8. The van der Waals surface area contributed by atoms with Gasteiger partial charge in [-0.15, -0.1) is 0 Å². The van der Waals surface area contributed by atoms with Gasteiger partial charge in [-0.2, -0.15) is 11.8 Å². The van der Waals surface area contributed by atoms with Gasteiger partial charge in [0.15, 0.2) is 11.6 Å². The Bertz CT molecular complexity index is 327. The quantitative estimate of drug-likeness (QED) is 0.706. The van der Waals surface area contributed by atoms with Crippen LogP contribution in [0.3, 0.4) is 0 Å². The average molecular weight is 254 g/mol. The third kappa shape index (κ3) is 2.79. The van der Waals surface area contributed by atoms with Crippen LogP contribution in [-0.4, -0.2) is 28.9 Å². The molecule has 1 saturated heterocycles. The van der Waals surface area contributed by atoms with Crippen molar-refractivity contribution in [1.29, 1.82) is 0 Å². The number of hydrogen-bond donors (Lipinski definition) is 0. The molecule has 0 radical (unpaired) electrons. The van der Waals surface area contributed by atoms with Gasteiger partial charge in [0.05, 0.1) is 0 Å². The summed E-state index contributed by atoms with van der Waals surface area (Å²) in [4.78, 5) is 35.0. The van der Waals surface area contributed by atoms with Gasteiger partial charge < -0.3 is 0 Å².